The number of rotatable bonds is 10. The molecule has 2 amide bonds. The Labute approximate surface area is 215 Å². The monoisotopic (exact) mass is 513 g/mol. The quantitative estimate of drug-likeness (QED) is 0.365. The van der Waals surface area contributed by atoms with Crippen LogP contribution in [0.4, 0.5) is 10.5 Å². The van der Waals surface area contributed by atoms with Crippen molar-refractivity contribution < 1.29 is 28.3 Å². The Kier molecular flexibility index (Phi) is 8.61. The summed E-state index contributed by atoms with van der Waals surface area (Å²) in [6.07, 6.45) is 3.92. The summed E-state index contributed by atoms with van der Waals surface area (Å²) in [5.41, 5.74) is 2.06. The Morgan fingerprint density at radius 3 is 2.42 bits per heavy atom. The first-order valence-corrected chi connectivity index (χ1v) is 12.8. The van der Waals surface area contributed by atoms with Crippen LogP contribution in [0.3, 0.4) is 0 Å². The van der Waals surface area contributed by atoms with Gasteiger partial charge in [0.05, 0.1) is 34.0 Å². The normalized spacial score (nSPS) is 14.9. The SMILES string of the molecule is COc1cc(-c2cc(CN(CC3CCCO3)C(=O)Nc3ccc(SC)cc3)no2)cc(OC)c1OC. The molecule has 1 aromatic heterocycles. The fourth-order valence-corrected chi connectivity index (χ4v) is 4.48. The van der Waals surface area contributed by atoms with Crippen LogP contribution >= 0.6 is 11.8 Å². The number of amides is 2. The number of anilines is 1. The van der Waals surface area contributed by atoms with Gasteiger partial charge in [-0.1, -0.05) is 5.16 Å². The van der Waals surface area contributed by atoms with Crippen molar-refractivity contribution >= 4 is 23.5 Å². The molecule has 1 atom stereocenters. The summed E-state index contributed by atoms with van der Waals surface area (Å²) in [7, 11) is 4.67. The van der Waals surface area contributed by atoms with Crippen LogP contribution in [0.5, 0.6) is 17.2 Å². The molecule has 1 fully saturated rings. The Balaban J connectivity index is 1.53. The molecule has 0 saturated carbocycles. The minimum absolute atomic E-state index is 0.00361. The van der Waals surface area contributed by atoms with Crippen LogP contribution in [0.1, 0.15) is 18.5 Å². The van der Waals surface area contributed by atoms with Crippen LogP contribution in [0.25, 0.3) is 11.3 Å². The molecule has 1 saturated heterocycles. The predicted octanol–water partition coefficient (Wildman–Crippen LogP) is 5.30. The van der Waals surface area contributed by atoms with E-state index in [1.54, 1.807) is 50.1 Å². The molecule has 0 aliphatic carbocycles. The second kappa shape index (κ2) is 12.0. The number of nitrogens with zero attached hydrogens (tertiary/aromatic N) is 2. The number of methoxy groups -OCH3 is 3. The number of carbonyl (C=O) groups excluding carboxylic acids is 1. The third-order valence-corrected chi connectivity index (χ3v) is 6.68. The van der Waals surface area contributed by atoms with E-state index < -0.39 is 0 Å². The van der Waals surface area contributed by atoms with E-state index in [0.29, 0.717) is 47.4 Å². The average molecular weight is 514 g/mol. The van der Waals surface area contributed by atoms with Crippen LogP contribution in [0.2, 0.25) is 0 Å². The smallest absolute Gasteiger partial charge is 0.322 e. The summed E-state index contributed by atoms with van der Waals surface area (Å²) in [5.74, 6) is 2.04. The summed E-state index contributed by atoms with van der Waals surface area (Å²) in [4.78, 5) is 16.1. The van der Waals surface area contributed by atoms with Gasteiger partial charge in [0, 0.05) is 35.4 Å². The van der Waals surface area contributed by atoms with Crippen molar-refractivity contribution in [2.75, 3.05) is 46.1 Å². The summed E-state index contributed by atoms with van der Waals surface area (Å²) >= 11 is 1.65. The maximum atomic E-state index is 13.2. The highest BCUT2D eigenvalue weighted by molar-refractivity contribution is 7.98. The lowest BCUT2D eigenvalue weighted by atomic mass is 10.1. The molecule has 9 nitrogen and oxygen atoms in total. The molecule has 2 aromatic carbocycles. The number of hydrogen-bond donors (Lipinski definition) is 1. The zero-order valence-electron chi connectivity index (χ0n) is 20.9. The fourth-order valence-electron chi connectivity index (χ4n) is 4.07. The Hall–Kier alpha value is -3.37. The Bertz CT molecular complexity index is 1140. The number of urea groups is 1. The van der Waals surface area contributed by atoms with E-state index in [-0.39, 0.29) is 18.7 Å². The first kappa shape index (κ1) is 25.7. The van der Waals surface area contributed by atoms with Gasteiger partial charge in [-0.15, -0.1) is 11.8 Å². The summed E-state index contributed by atoms with van der Waals surface area (Å²) in [6, 6.07) is 12.9. The van der Waals surface area contributed by atoms with E-state index in [0.717, 1.165) is 23.4 Å². The van der Waals surface area contributed by atoms with E-state index in [2.05, 4.69) is 10.5 Å². The predicted molar refractivity (Wildman–Crippen MR) is 138 cm³/mol. The molecular weight excluding hydrogens is 482 g/mol. The molecule has 3 aromatic rings. The van der Waals surface area contributed by atoms with Gasteiger partial charge in [0.1, 0.15) is 5.69 Å². The Morgan fingerprint density at radius 1 is 1.11 bits per heavy atom. The third-order valence-electron chi connectivity index (χ3n) is 5.94. The standard InChI is InChI=1S/C26H31N3O6S/c1-31-23-12-17(13-24(32-2)25(23)33-3)22-14-19(28-35-22)15-29(16-20-6-5-11-34-20)26(30)27-18-7-9-21(36-4)10-8-18/h7-10,12-14,20H,5-6,11,15-16H2,1-4H3,(H,27,30). The van der Waals surface area contributed by atoms with E-state index in [9.17, 15) is 4.79 Å². The van der Waals surface area contributed by atoms with Crippen LogP contribution < -0.4 is 19.5 Å². The van der Waals surface area contributed by atoms with Gasteiger partial charge >= 0.3 is 6.03 Å². The first-order valence-electron chi connectivity index (χ1n) is 11.6. The summed E-state index contributed by atoms with van der Waals surface area (Å²) in [6.45, 7) is 1.44. The number of benzene rings is 2. The van der Waals surface area contributed by atoms with Crippen molar-refractivity contribution in [2.24, 2.45) is 0 Å². The molecule has 1 aliphatic heterocycles. The largest absolute Gasteiger partial charge is 0.493 e. The van der Waals surface area contributed by atoms with Crippen molar-refractivity contribution in [1.82, 2.24) is 10.1 Å². The lowest BCUT2D eigenvalue weighted by molar-refractivity contribution is 0.0814. The molecule has 0 bridgehead atoms. The lowest BCUT2D eigenvalue weighted by Crippen LogP contribution is -2.39. The molecule has 1 aliphatic rings. The zero-order valence-corrected chi connectivity index (χ0v) is 21.7. The van der Waals surface area contributed by atoms with Crippen LogP contribution in [0, 0.1) is 0 Å². The van der Waals surface area contributed by atoms with Gasteiger partial charge < -0.3 is 33.7 Å². The maximum absolute atomic E-state index is 13.2. The van der Waals surface area contributed by atoms with Gasteiger partial charge in [-0.3, -0.25) is 0 Å². The molecule has 4 rings (SSSR count). The van der Waals surface area contributed by atoms with Crippen LogP contribution in [-0.2, 0) is 11.3 Å². The van der Waals surface area contributed by atoms with Crippen molar-refractivity contribution in [3.8, 4) is 28.6 Å². The molecule has 0 radical (unpaired) electrons. The van der Waals surface area contributed by atoms with E-state index >= 15 is 0 Å². The molecule has 36 heavy (non-hydrogen) atoms. The van der Waals surface area contributed by atoms with Crippen molar-refractivity contribution in [3.63, 3.8) is 0 Å². The fraction of sp³-hybridized carbons (Fsp3) is 0.385. The van der Waals surface area contributed by atoms with Gasteiger partial charge in [0.25, 0.3) is 0 Å². The molecule has 0 spiro atoms. The first-order chi connectivity index (χ1) is 17.5. The van der Waals surface area contributed by atoms with Gasteiger partial charge in [0.15, 0.2) is 17.3 Å². The van der Waals surface area contributed by atoms with Crippen LogP contribution in [0.15, 0.2) is 51.9 Å². The third kappa shape index (κ3) is 6.06. The summed E-state index contributed by atoms with van der Waals surface area (Å²) < 4.78 is 27.7. The highest BCUT2D eigenvalue weighted by Gasteiger charge is 2.24. The zero-order chi connectivity index (χ0) is 25.5. The molecule has 1 unspecified atom stereocenters. The number of ether oxygens (including phenoxy) is 4. The summed E-state index contributed by atoms with van der Waals surface area (Å²) in [5, 5.41) is 7.21. The molecule has 1 N–H and O–H groups in total. The number of carbonyl (C=O) groups is 1. The minimum atomic E-state index is -0.222. The van der Waals surface area contributed by atoms with E-state index in [1.165, 1.54) is 0 Å². The topological polar surface area (TPSA) is 95.3 Å². The van der Waals surface area contributed by atoms with Crippen molar-refractivity contribution in [3.05, 3.63) is 48.2 Å². The Morgan fingerprint density at radius 2 is 1.83 bits per heavy atom. The van der Waals surface area contributed by atoms with Gasteiger partial charge in [-0.2, -0.15) is 0 Å². The molecule has 2 heterocycles. The second-order valence-corrected chi connectivity index (χ2v) is 9.15. The maximum Gasteiger partial charge on any atom is 0.322 e. The molecular formula is C26H31N3O6S. The van der Waals surface area contributed by atoms with Crippen molar-refractivity contribution in [2.45, 2.75) is 30.4 Å². The number of nitrogens with one attached hydrogen (secondary N) is 1. The number of aromatic nitrogens is 1. The van der Waals surface area contributed by atoms with E-state index in [4.69, 9.17) is 23.5 Å². The number of hydrogen-bond acceptors (Lipinski definition) is 8. The lowest BCUT2D eigenvalue weighted by Gasteiger charge is -2.25. The second-order valence-electron chi connectivity index (χ2n) is 8.27. The molecule has 10 heteroatoms. The van der Waals surface area contributed by atoms with Crippen LogP contribution in [-0.4, -0.2) is 62.9 Å². The number of thioether (sulfide) groups is 1. The van der Waals surface area contributed by atoms with Gasteiger partial charge in [0.2, 0.25) is 5.75 Å². The highest BCUT2D eigenvalue weighted by Crippen LogP contribution is 2.41. The van der Waals surface area contributed by atoms with E-state index in [1.807, 2.05) is 36.6 Å². The van der Waals surface area contributed by atoms with Gasteiger partial charge in [-0.05, 0) is 55.5 Å². The molecule has 192 valence electrons. The minimum Gasteiger partial charge on any atom is -0.493 e. The highest BCUT2D eigenvalue weighted by atomic mass is 32.2. The average Bonchev–Trinajstić information content (AvgIpc) is 3.60. The van der Waals surface area contributed by atoms with Gasteiger partial charge in [-0.25, -0.2) is 4.79 Å². The van der Waals surface area contributed by atoms with Crippen molar-refractivity contribution in [1.29, 1.82) is 0 Å².